The van der Waals surface area contributed by atoms with E-state index in [9.17, 15) is 4.79 Å². The minimum Gasteiger partial charge on any atom is -0.300 e. The molecule has 0 radical (unpaired) electrons. The van der Waals surface area contributed by atoms with Gasteiger partial charge >= 0.3 is 0 Å². The molecular formula is C5H10OTi. The molecule has 2 heteroatoms. The third kappa shape index (κ3) is 10.7. The van der Waals surface area contributed by atoms with Gasteiger partial charge in [-0.25, -0.2) is 0 Å². The van der Waals surface area contributed by atoms with Gasteiger partial charge < -0.3 is 4.79 Å². The van der Waals surface area contributed by atoms with E-state index >= 15 is 0 Å². The summed E-state index contributed by atoms with van der Waals surface area (Å²) in [4.78, 5) is 10.0. The van der Waals surface area contributed by atoms with Crippen molar-refractivity contribution in [3.05, 3.63) is 0 Å². The molecule has 40 valence electrons. The van der Waals surface area contributed by atoms with Crippen molar-refractivity contribution in [2.45, 2.75) is 26.7 Å². The van der Waals surface area contributed by atoms with Crippen molar-refractivity contribution in [2.75, 3.05) is 0 Å². The van der Waals surface area contributed by atoms with Gasteiger partial charge in [-0.05, 0) is 13.3 Å². The van der Waals surface area contributed by atoms with Crippen molar-refractivity contribution in [3.63, 3.8) is 0 Å². The quantitative estimate of drug-likeness (QED) is 0.521. The van der Waals surface area contributed by atoms with Gasteiger partial charge in [-0.2, -0.15) is 0 Å². The van der Waals surface area contributed by atoms with Gasteiger partial charge in [0.1, 0.15) is 5.78 Å². The summed E-state index contributed by atoms with van der Waals surface area (Å²) in [5, 5.41) is 0. The third-order valence-electron chi connectivity index (χ3n) is 0.602. The molecule has 0 aromatic rings. The maximum atomic E-state index is 10.0. The minimum atomic E-state index is 0. The van der Waals surface area contributed by atoms with Gasteiger partial charge in [0.2, 0.25) is 0 Å². The second kappa shape index (κ2) is 6.38. The number of ketones is 1. The van der Waals surface area contributed by atoms with Crippen molar-refractivity contribution in [1.29, 1.82) is 0 Å². The van der Waals surface area contributed by atoms with Gasteiger partial charge in [0.25, 0.3) is 0 Å². The Morgan fingerprint density at radius 3 is 2.00 bits per heavy atom. The number of hydrogen-bond acceptors (Lipinski definition) is 1. The van der Waals surface area contributed by atoms with Gasteiger partial charge in [-0.1, -0.05) is 6.92 Å². The van der Waals surface area contributed by atoms with Gasteiger partial charge in [-0.15, -0.1) is 0 Å². The zero-order valence-corrected chi connectivity index (χ0v) is 6.38. The fourth-order valence-corrected chi connectivity index (χ4v) is 0.352. The van der Waals surface area contributed by atoms with Gasteiger partial charge in [0.05, 0.1) is 0 Å². The molecule has 0 amide bonds. The van der Waals surface area contributed by atoms with Crippen LogP contribution < -0.4 is 0 Å². The van der Waals surface area contributed by atoms with Crippen LogP contribution in [0.1, 0.15) is 26.7 Å². The Labute approximate surface area is 59.4 Å². The summed E-state index contributed by atoms with van der Waals surface area (Å²) in [7, 11) is 0. The Bertz CT molecular complexity index is 52.0. The average Bonchev–Trinajstić information content (AvgIpc) is 1.35. The van der Waals surface area contributed by atoms with Crippen LogP contribution in [0, 0.1) is 0 Å². The zero-order valence-electron chi connectivity index (χ0n) is 4.82. The first-order valence-electron chi connectivity index (χ1n) is 2.26. The number of Topliss-reactive ketones (excluding diaryl/α,β-unsaturated/α-hetero) is 1. The molecule has 0 bridgehead atoms. The first-order valence-corrected chi connectivity index (χ1v) is 2.26. The maximum absolute atomic E-state index is 10.0. The average molecular weight is 134 g/mol. The van der Waals surface area contributed by atoms with Crippen molar-refractivity contribution in [2.24, 2.45) is 0 Å². The van der Waals surface area contributed by atoms with Gasteiger partial charge in [0.15, 0.2) is 0 Å². The van der Waals surface area contributed by atoms with E-state index in [2.05, 4.69) is 0 Å². The molecule has 0 N–H and O–H groups in total. The summed E-state index contributed by atoms with van der Waals surface area (Å²) in [5.74, 6) is 0.289. The van der Waals surface area contributed by atoms with Crippen molar-refractivity contribution in [3.8, 4) is 0 Å². The van der Waals surface area contributed by atoms with Crippen LogP contribution in [-0.2, 0) is 26.5 Å². The van der Waals surface area contributed by atoms with E-state index in [1.807, 2.05) is 6.92 Å². The standard InChI is InChI=1S/C5H10O.Ti/c1-3-4-5(2)6;/h3-4H2,1-2H3;. The summed E-state index contributed by atoms with van der Waals surface area (Å²) >= 11 is 0. The molecule has 0 atom stereocenters. The summed E-state index contributed by atoms with van der Waals surface area (Å²) in [6, 6.07) is 0. The smallest absolute Gasteiger partial charge is 0.129 e. The Kier molecular flexibility index (Phi) is 9.47. The van der Waals surface area contributed by atoms with E-state index in [4.69, 9.17) is 0 Å². The van der Waals surface area contributed by atoms with Crippen LogP contribution in [0.2, 0.25) is 0 Å². The predicted molar refractivity (Wildman–Crippen MR) is 25.6 cm³/mol. The second-order valence-corrected chi connectivity index (χ2v) is 1.45. The van der Waals surface area contributed by atoms with E-state index in [1.54, 1.807) is 6.92 Å². The molecule has 1 nitrogen and oxygen atoms in total. The normalized spacial score (nSPS) is 7.14. The molecule has 0 fully saturated rings. The number of hydrogen-bond donors (Lipinski definition) is 0. The summed E-state index contributed by atoms with van der Waals surface area (Å²) in [5.41, 5.74) is 0. The number of carbonyl (C=O) groups is 1. The molecular weight excluding hydrogens is 124 g/mol. The molecule has 0 aromatic carbocycles. The van der Waals surface area contributed by atoms with Crippen LogP contribution in [0.5, 0.6) is 0 Å². The predicted octanol–water partition coefficient (Wildman–Crippen LogP) is 1.37. The van der Waals surface area contributed by atoms with Crippen LogP contribution in [0.15, 0.2) is 0 Å². The molecule has 0 aromatic heterocycles. The molecule has 0 rings (SSSR count). The first-order chi connectivity index (χ1) is 2.77. The van der Waals surface area contributed by atoms with Crippen LogP contribution in [0.3, 0.4) is 0 Å². The Hall–Kier alpha value is 0.384. The van der Waals surface area contributed by atoms with Crippen LogP contribution in [0.4, 0.5) is 0 Å². The topological polar surface area (TPSA) is 17.1 Å². The maximum Gasteiger partial charge on any atom is 0.129 e. The molecule has 0 aliphatic carbocycles. The molecule has 0 saturated carbocycles. The Balaban J connectivity index is 0. The van der Waals surface area contributed by atoms with Gasteiger partial charge in [0, 0.05) is 28.1 Å². The Morgan fingerprint density at radius 2 is 2.00 bits per heavy atom. The van der Waals surface area contributed by atoms with Crippen molar-refractivity contribution < 1.29 is 26.5 Å². The van der Waals surface area contributed by atoms with Crippen LogP contribution in [-0.4, -0.2) is 5.78 Å². The fourth-order valence-electron chi connectivity index (χ4n) is 0.352. The number of carbonyl (C=O) groups excluding carboxylic acids is 1. The zero-order chi connectivity index (χ0) is 4.99. The monoisotopic (exact) mass is 134 g/mol. The van der Waals surface area contributed by atoms with E-state index in [-0.39, 0.29) is 27.5 Å². The van der Waals surface area contributed by atoms with Crippen LogP contribution >= 0.6 is 0 Å². The van der Waals surface area contributed by atoms with Crippen molar-refractivity contribution in [1.82, 2.24) is 0 Å². The fraction of sp³-hybridized carbons (Fsp3) is 0.800. The molecule has 0 aliphatic rings. The van der Waals surface area contributed by atoms with E-state index in [0.29, 0.717) is 0 Å². The molecule has 0 spiro atoms. The van der Waals surface area contributed by atoms with Crippen molar-refractivity contribution >= 4 is 5.78 Å². The molecule has 0 heterocycles. The SMILES string of the molecule is CCCC(C)=O.[Ti]. The molecule has 7 heavy (non-hydrogen) atoms. The van der Waals surface area contributed by atoms with Crippen LogP contribution in [0.25, 0.3) is 0 Å². The minimum absolute atomic E-state index is 0. The largest absolute Gasteiger partial charge is 0.300 e. The molecule has 0 unspecified atom stereocenters. The molecule has 0 aliphatic heterocycles. The first kappa shape index (κ1) is 10.4. The van der Waals surface area contributed by atoms with E-state index in [0.717, 1.165) is 12.8 Å². The summed E-state index contributed by atoms with van der Waals surface area (Å²) in [6.45, 7) is 3.62. The number of rotatable bonds is 2. The summed E-state index contributed by atoms with van der Waals surface area (Å²) in [6.07, 6.45) is 1.72. The van der Waals surface area contributed by atoms with Gasteiger partial charge in [-0.3, -0.25) is 0 Å². The third-order valence-corrected chi connectivity index (χ3v) is 0.602. The van der Waals surface area contributed by atoms with E-state index in [1.165, 1.54) is 0 Å². The molecule has 0 saturated heterocycles. The Morgan fingerprint density at radius 1 is 1.57 bits per heavy atom. The summed E-state index contributed by atoms with van der Waals surface area (Å²) < 4.78 is 0. The second-order valence-electron chi connectivity index (χ2n) is 1.45. The van der Waals surface area contributed by atoms with E-state index < -0.39 is 0 Å².